The van der Waals surface area contributed by atoms with Crippen LogP contribution in [0.3, 0.4) is 0 Å². The Bertz CT molecular complexity index is 358. The van der Waals surface area contributed by atoms with Gasteiger partial charge in [0.1, 0.15) is 11.6 Å². The van der Waals surface area contributed by atoms with E-state index in [1.54, 1.807) is 7.11 Å². The number of nitrogens with one attached hydrogen (secondary N) is 1. The van der Waals surface area contributed by atoms with Crippen LogP contribution in [0.4, 0.5) is 5.82 Å². The fourth-order valence-corrected chi connectivity index (χ4v) is 1.35. The Morgan fingerprint density at radius 2 is 2.00 bits per heavy atom. The van der Waals surface area contributed by atoms with E-state index in [1.165, 1.54) is 6.42 Å². The molecule has 0 spiro atoms. The smallest absolute Gasteiger partial charge is 0.218 e. The lowest BCUT2D eigenvalue weighted by Gasteiger charge is -2.18. The second-order valence-corrected chi connectivity index (χ2v) is 5.15. The summed E-state index contributed by atoms with van der Waals surface area (Å²) in [5, 5.41) is 3.30. The molecule has 4 heteroatoms. The van der Waals surface area contributed by atoms with Gasteiger partial charge >= 0.3 is 0 Å². The number of unbranched alkanes of at least 4 members (excludes halogenated alkanes) is 1. The van der Waals surface area contributed by atoms with Gasteiger partial charge in [-0.05, 0) is 6.42 Å². The largest absolute Gasteiger partial charge is 0.481 e. The maximum Gasteiger partial charge on any atom is 0.218 e. The van der Waals surface area contributed by atoms with Crippen molar-refractivity contribution in [1.82, 2.24) is 9.97 Å². The molecule has 0 radical (unpaired) electrons. The number of aromatic nitrogens is 2. The van der Waals surface area contributed by atoms with Crippen LogP contribution in [-0.4, -0.2) is 23.6 Å². The van der Waals surface area contributed by atoms with Crippen molar-refractivity contribution >= 4 is 5.82 Å². The monoisotopic (exact) mass is 237 g/mol. The van der Waals surface area contributed by atoms with Crippen molar-refractivity contribution in [3.8, 4) is 5.88 Å². The molecule has 96 valence electrons. The van der Waals surface area contributed by atoms with Gasteiger partial charge in [-0.25, -0.2) is 4.98 Å². The number of anilines is 1. The van der Waals surface area contributed by atoms with Gasteiger partial charge in [0.15, 0.2) is 0 Å². The first-order valence-corrected chi connectivity index (χ1v) is 6.14. The molecule has 0 aliphatic carbocycles. The van der Waals surface area contributed by atoms with Crippen molar-refractivity contribution in [3.05, 3.63) is 11.9 Å². The number of ether oxygens (including phenoxy) is 1. The lowest BCUT2D eigenvalue weighted by Crippen LogP contribution is -2.18. The first-order valence-electron chi connectivity index (χ1n) is 6.14. The van der Waals surface area contributed by atoms with Gasteiger partial charge in [-0.2, -0.15) is 4.98 Å². The van der Waals surface area contributed by atoms with Gasteiger partial charge in [0.2, 0.25) is 5.88 Å². The third kappa shape index (κ3) is 4.21. The Hall–Kier alpha value is -1.32. The van der Waals surface area contributed by atoms with Crippen LogP contribution in [0, 0.1) is 0 Å². The molecule has 1 aromatic rings. The minimum atomic E-state index is -0.0737. The molecule has 1 aromatic heterocycles. The van der Waals surface area contributed by atoms with Crippen molar-refractivity contribution in [3.63, 3.8) is 0 Å². The van der Waals surface area contributed by atoms with E-state index in [0.29, 0.717) is 5.88 Å². The molecule has 0 fully saturated rings. The second kappa shape index (κ2) is 5.84. The van der Waals surface area contributed by atoms with Gasteiger partial charge in [0.05, 0.1) is 7.11 Å². The quantitative estimate of drug-likeness (QED) is 0.800. The lowest BCUT2D eigenvalue weighted by atomic mass is 9.96. The first kappa shape index (κ1) is 13.7. The average Bonchev–Trinajstić information content (AvgIpc) is 2.28. The summed E-state index contributed by atoms with van der Waals surface area (Å²) in [5.74, 6) is 2.26. The van der Waals surface area contributed by atoms with Crippen molar-refractivity contribution < 1.29 is 4.74 Å². The number of hydrogen-bond donors (Lipinski definition) is 1. The van der Waals surface area contributed by atoms with E-state index < -0.39 is 0 Å². The van der Waals surface area contributed by atoms with Crippen molar-refractivity contribution in [2.45, 2.75) is 46.0 Å². The summed E-state index contributed by atoms with van der Waals surface area (Å²) in [6, 6.07) is 1.84. The van der Waals surface area contributed by atoms with Crippen molar-refractivity contribution in [2.75, 3.05) is 19.0 Å². The van der Waals surface area contributed by atoms with Crippen LogP contribution in [0.1, 0.15) is 46.4 Å². The topological polar surface area (TPSA) is 47.0 Å². The van der Waals surface area contributed by atoms with Crippen molar-refractivity contribution in [1.29, 1.82) is 0 Å². The molecule has 1 rings (SSSR count). The van der Waals surface area contributed by atoms with E-state index in [9.17, 15) is 0 Å². The predicted molar refractivity (Wildman–Crippen MR) is 70.7 cm³/mol. The highest BCUT2D eigenvalue weighted by Crippen LogP contribution is 2.23. The molecule has 0 unspecified atom stereocenters. The Balaban J connectivity index is 2.89. The van der Waals surface area contributed by atoms with Gasteiger partial charge in [-0.3, -0.25) is 0 Å². The standard InChI is InChI=1S/C13H23N3O/c1-6-7-8-14-10-9-11(17-5)16-12(15-10)13(2,3)4/h9H,6-8H2,1-5H3,(H,14,15,16). The molecule has 0 aromatic carbocycles. The van der Waals surface area contributed by atoms with E-state index in [4.69, 9.17) is 4.74 Å². The Morgan fingerprint density at radius 3 is 2.53 bits per heavy atom. The molecule has 0 aliphatic heterocycles. The van der Waals surface area contributed by atoms with Gasteiger partial charge in [-0.15, -0.1) is 0 Å². The van der Waals surface area contributed by atoms with Crippen LogP contribution >= 0.6 is 0 Å². The summed E-state index contributed by atoms with van der Waals surface area (Å²) in [6.07, 6.45) is 2.30. The molecule has 1 N–H and O–H groups in total. The molecule has 0 bridgehead atoms. The number of hydrogen-bond acceptors (Lipinski definition) is 4. The average molecular weight is 237 g/mol. The summed E-state index contributed by atoms with van der Waals surface area (Å²) in [7, 11) is 1.63. The Labute approximate surface area is 104 Å². The van der Waals surface area contributed by atoms with Crippen molar-refractivity contribution in [2.24, 2.45) is 0 Å². The molecule has 17 heavy (non-hydrogen) atoms. The number of methoxy groups -OCH3 is 1. The Kier molecular flexibility index (Phi) is 4.73. The predicted octanol–water partition coefficient (Wildman–Crippen LogP) is 2.99. The van der Waals surface area contributed by atoms with E-state index in [-0.39, 0.29) is 5.41 Å². The maximum absolute atomic E-state index is 5.21. The fraction of sp³-hybridized carbons (Fsp3) is 0.692. The summed E-state index contributed by atoms with van der Waals surface area (Å²) in [4.78, 5) is 8.90. The molecule has 0 saturated carbocycles. The molecule has 0 saturated heterocycles. The van der Waals surface area contributed by atoms with Gasteiger partial charge in [0.25, 0.3) is 0 Å². The van der Waals surface area contributed by atoms with E-state index >= 15 is 0 Å². The highest BCUT2D eigenvalue weighted by molar-refractivity contribution is 5.39. The van der Waals surface area contributed by atoms with Crippen LogP contribution in [-0.2, 0) is 5.41 Å². The number of rotatable bonds is 5. The highest BCUT2D eigenvalue weighted by Gasteiger charge is 2.19. The Morgan fingerprint density at radius 1 is 1.29 bits per heavy atom. The molecule has 4 nitrogen and oxygen atoms in total. The second-order valence-electron chi connectivity index (χ2n) is 5.15. The highest BCUT2D eigenvalue weighted by atomic mass is 16.5. The van der Waals surface area contributed by atoms with Gasteiger partial charge < -0.3 is 10.1 Å². The van der Waals surface area contributed by atoms with Crippen LogP contribution in [0.5, 0.6) is 5.88 Å². The SMILES string of the molecule is CCCCNc1cc(OC)nc(C(C)(C)C)n1. The molecular weight excluding hydrogens is 214 g/mol. The summed E-state index contributed by atoms with van der Waals surface area (Å²) < 4.78 is 5.21. The molecule has 0 amide bonds. The van der Waals surface area contributed by atoms with E-state index in [1.807, 2.05) is 6.07 Å². The first-order chi connectivity index (χ1) is 7.97. The van der Waals surface area contributed by atoms with E-state index in [2.05, 4.69) is 43.0 Å². The zero-order chi connectivity index (χ0) is 12.9. The zero-order valence-electron chi connectivity index (χ0n) is 11.5. The third-order valence-corrected chi connectivity index (χ3v) is 2.42. The van der Waals surface area contributed by atoms with Crippen LogP contribution in [0.25, 0.3) is 0 Å². The minimum absolute atomic E-state index is 0.0737. The maximum atomic E-state index is 5.21. The molecule has 1 heterocycles. The van der Waals surface area contributed by atoms with Gasteiger partial charge in [-0.1, -0.05) is 34.1 Å². The summed E-state index contributed by atoms with van der Waals surface area (Å²) in [6.45, 7) is 9.38. The summed E-state index contributed by atoms with van der Waals surface area (Å²) in [5.41, 5.74) is -0.0737. The fourth-order valence-electron chi connectivity index (χ4n) is 1.35. The zero-order valence-corrected chi connectivity index (χ0v) is 11.5. The van der Waals surface area contributed by atoms with Crippen LogP contribution in [0.2, 0.25) is 0 Å². The molecule has 0 atom stereocenters. The van der Waals surface area contributed by atoms with Crippen LogP contribution < -0.4 is 10.1 Å². The van der Waals surface area contributed by atoms with Gasteiger partial charge in [0, 0.05) is 18.0 Å². The minimum Gasteiger partial charge on any atom is -0.481 e. The third-order valence-electron chi connectivity index (χ3n) is 2.42. The van der Waals surface area contributed by atoms with E-state index in [0.717, 1.165) is 24.6 Å². The molecule has 0 aliphatic rings. The normalized spacial score (nSPS) is 11.4. The number of nitrogens with zero attached hydrogens (tertiary/aromatic N) is 2. The lowest BCUT2D eigenvalue weighted by molar-refractivity contribution is 0.389. The summed E-state index contributed by atoms with van der Waals surface area (Å²) >= 11 is 0. The molecular formula is C13H23N3O. The van der Waals surface area contributed by atoms with Crippen LogP contribution in [0.15, 0.2) is 6.07 Å².